The van der Waals surface area contributed by atoms with Gasteiger partial charge in [-0.05, 0) is 30.5 Å². The molecule has 0 heterocycles. The van der Waals surface area contributed by atoms with Crippen LogP contribution in [0.2, 0.25) is 10.0 Å². The highest BCUT2D eigenvalue weighted by Gasteiger charge is 2.26. The van der Waals surface area contributed by atoms with Gasteiger partial charge in [-0.15, -0.1) is 0 Å². The van der Waals surface area contributed by atoms with Gasteiger partial charge in [-0.2, -0.15) is 13.2 Å². The molecule has 0 aliphatic rings. The zero-order valence-electron chi connectivity index (χ0n) is 8.90. The lowest BCUT2D eigenvalue weighted by Crippen LogP contribution is -2.13. The Morgan fingerprint density at radius 3 is 2.35 bits per heavy atom. The van der Waals surface area contributed by atoms with Gasteiger partial charge in [0.1, 0.15) is 0 Å². The number of benzene rings is 1. The second kappa shape index (κ2) is 5.94. The summed E-state index contributed by atoms with van der Waals surface area (Å²) in [5.41, 5.74) is 6.47. The lowest BCUT2D eigenvalue weighted by atomic mass is 10.0. The summed E-state index contributed by atoms with van der Waals surface area (Å²) >= 11 is 11.5. The van der Waals surface area contributed by atoms with E-state index in [2.05, 4.69) is 0 Å². The Labute approximate surface area is 108 Å². The van der Waals surface area contributed by atoms with Gasteiger partial charge in [0.05, 0.1) is 10.0 Å². The fourth-order valence-electron chi connectivity index (χ4n) is 1.43. The van der Waals surface area contributed by atoms with E-state index in [1.165, 1.54) is 0 Å². The second-order valence-electron chi connectivity index (χ2n) is 3.79. The highest BCUT2D eigenvalue weighted by molar-refractivity contribution is 6.42. The van der Waals surface area contributed by atoms with Crippen LogP contribution >= 0.6 is 23.2 Å². The fraction of sp³-hybridized carbons (Fsp3) is 0.455. The van der Waals surface area contributed by atoms with Gasteiger partial charge >= 0.3 is 6.18 Å². The van der Waals surface area contributed by atoms with Gasteiger partial charge < -0.3 is 5.73 Å². The van der Waals surface area contributed by atoms with Crippen molar-refractivity contribution in [2.45, 2.75) is 31.5 Å². The molecule has 1 atom stereocenters. The number of halogens is 5. The summed E-state index contributed by atoms with van der Waals surface area (Å²) in [5.74, 6) is 0. The summed E-state index contributed by atoms with van der Waals surface area (Å²) in [6.07, 6.45) is -4.68. The molecule has 6 heteroatoms. The highest BCUT2D eigenvalue weighted by Crippen LogP contribution is 2.28. The fourth-order valence-corrected chi connectivity index (χ4v) is 1.74. The molecule has 0 saturated heterocycles. The summed E-state index contributed by atoms with van der Waals surface area (Å²) in [5, 5.41) is 0.758. The number of hydrogen-bond acceptors (Lipinski definition) is 1. The second-order valence-corrected chi connectivity index (χ2v) is 4.60. The van der Waals surface area contributed by atoms with Crippen molar-refractivity contribution in [1.29, 1.82) is 0 Å². The third kappa shape index (κ3) is 5.15. The van der Waals surface area contributed by atoms with Crippen LogP contribution in [0.5, 0.6) is 0 Å². The smallest absolute Gasteiger partial charge is 0.324 e. The summed E-state index contributed by atoms with van der Waals surface area (Å²) in [7, 11) is 0. The third-order valence-electron chi connectivity index (χ3n) is 2.35. The number of nitrogens with two attached hydrogens (primary N) is 1. The number of rotatable bonds is 4. The van der Waals surface area contributed by atoms with E-state index in [0.29, 0.717) is 15.6 Å². The first kappa shape index (κ1) is 14.6. The van der Waals surface area contributed by atoms with E-state index >= 15 is 0 Å². The summed E-state index contributed by atoms with van der Waals surface area (Å²) in [6.45, 7) is 0. The molecule has 1 rings (SSSR count). The molecule has 96 valence electrons. The Morgan fingerprint density at radius 2 is 1.82 bits per heavy atom. The van der Waals surface area contributed by atoms with Crippen molar-refractivity contribution in [2.24, 2.45) is 5.73 Å². The van der Waals surface area contributed by atoms with E-state index in [0.717, 1.165) is 0 Å². The van der Waals surface area contributed by atoms with Crippen molar-refractivity contribution in [3.8, 4) is 0 Å². The van der Waals surface area contributed by atoms with Gasteiger partial charge in [-0.1, -0.05) is 29.3 Å². The van der Waals surface area contributed by atoms with Crippen molar-refractivity contribution in [1.82, 2.24) is 0 Å². The van der Waals surface area contributed by atoms with Crippen LogP contribution < -0.4 is 5.73 Å². The third-order valence-corrected chi connectivity index (χ3v) is 3.09. The molecule has 0 radical (unpaired) electrons. The van der Waals surface area contributed by atoms with Crippen molar-refractivity contribution >= 4 is 23.2 Å². The van der Waals surface area contributed by atoms with Gasteiger partial charge in [-0.25, -0.2) is 0 Å². The molecule has 0 amide bonds. The monoisotopic (exact) mass is 285 g/mol. The maximum Gasteiger partial charge on any atom is 0.389 e. The zero-order chi connectivity index (χ0) is 13.1. The van der Waals surface area contributed by atoms with Crippen LogP contribution in [-0.4, -0.2) is 6.18 Å². The zero-order valence-corrected chi connectivity index (χ0v) is 10.4. The van der Waals surface area contributed by atoms with Crippen LogP contribution in [0.15, 0.2) is 18.2 Å². The van der Waals surface area contributed by atoms with Crippen LogP contribution in [0.25, 0.3) is 0 Å². The molecule has 0 spiro atoms. The van der Waals surface area contributed by atoms with Gasteiger partial charge in [0, 0.05) is 12.5 Å². The van der Waals surface area contributed by atoms with E-state index in [9.17, 15) is 13.2 Å². The predicted octanol–water partition coefficient (Wildman–Crippen LogP) is 4.73. The Kier molecular flexibility index (Phi) is 5.10. The lowest BCUT2D eigenvalue weighted by molar-refractivity contribution is -0.135. The van der Waals surface area contributed by atoms with E-state index in [4.69, 9.17) is 28.9 Å². The summed E-state index contributed by atoms with van der Waals surface area (Å²) in [4.78, 5) is 0. The van der Waals surface area contributed by atoms with E-state index < -0.39 is 18.6 Å². The van der Waals surface area contributed by atoms with Gasteiger partial charge in [0.2, 0.25) is 0 Å². The number of alkyl halides is 3. The molecule has 0 aliphatic carbocycles. The van der Waals surface area contributed by atoms with Crippen molar-refractivity contribution in [3.05, 3.63) is 33.8 Å². The van der Waals surface area contributed by atoms with Gasteiger partial charge in [-0.3, -0.25) is 0 Å². The molecule has 2 N–H and O–H groups in total. The minimum Gasteiger partial charge on any atom is -0.324 e. The van der Waals surface area contributed by atoms with E-state index in [1.807, 2.05) is 0 Å². The van der Waals surface area contributed by atoms with Gasteiger partial charge in [0.15, 0.2) is 0 Å². The Balaban J connectivity index is 2.52. The average molecular weight is 286 g/mol. The average Bonchev–Trinajstić information content (AvgIpc) is 2.20. The first-order valence-electron chi connectivity index (χ1n) is 5.07. The molecule has 1 aromatic rings. The Bertz CT molecular complexity index is 379. The molecular weight excluding hydrogens is 274 g/mol. The molecule has 0 fully saturated rings. The predicted molar refractivity (Wildman–Crippen MR) is 63.3 cm³/mol. The van der Waals surface area contributed by atoms with E-state index in [1.54, 1.807) is 18.2 Å². The molecule has 0 saturated carbocycles. The lowest BCUT2D eigenvalue weighted by Gasteiger charge is -2.13. The minimum atomic E-state index is -4.13. The first-order chi connectivity index (χ1) is 7.79. The molecule has 1 nitrogen and oxygen atoms in total. The van der Waals surface area contributed by atoms with Gasteiger partial charge in [0.25, 0.3) is 0 Å². The quantitative estimate of drug-likeness (QED) is 0.851. The maximum absolute atomic E-state index is 11.9. The van der Waals surface area contributed by atoms with Crippen molar-refractivity contribution in [3.63, 3.8) is 0 Å². The standard InChI is InChI=1S/C11H12Cl2F3N/c12-8-4-3-7(6-9(8)13)10(17)2-1-5-11(14,15)16/h3-4,6,10H,1-2,5,17H2. The van der Waals surface area contributed by atoms with Crippen LogP contribution in [0.4, 0.5) is 13.2 Å². The van der Waals surface area contributed by atoms with Crippen LogP contribution in [0.3, 0.4) is 0 Å². The van der Waals surface area contributed by atoms with Crippen LogP contribution in [0, 0.1) is 0 Å². The van der Waals surface area contributed by atoms with Crippen molar-refractivity contribution in [2.75, 3.05) is 0 Å². The molecule has 0 aromatic heterocycles. The molecule has 0 bridgehead atoms. The number of hydrogen-bond donors (Lipinski definition) is 1. The maximum atomic E-state index is 11.9. The largest absolute Gasteiger partial charge is 0.389 e. The molecule has 17 heavy (non-hydrogen) atoms. The van der Waals surface area contributed by atoms with E-state index in [-0.39, 0.29) is 12.8 Å². The normalized spacial score (nSPS) is 13.8. The Morgan fingerprint density at radius 1 is 1.18 bits per heavy atom. The van der Waals surface area contributed by atoms with Crippen LogP contribution in [0.1, 0.15) is 30.9 Å². The SMILES string of the molecule is NC(CCCC(F)(F)F)c1ccc(Cl)c(Cl)c1. The Hall–Kier alpha value is -0.450. The summed E-state index contributed by atoms with van der Waals surface area (Å²) < 4.78 is 35.8. The highest BCUT2D eigenvalue weighted by atomic mass is 35.5. The molecule has 1 unspecified atom stereocenters. The molecule has 0 aliphatic heterocycles. The first-order valence-corrected chi connectivity index (χ1v) is 5.82. The molecular formula is C11H12Cl2F3N. The minimum absolute atomic E-state index is 0.00487. The summed E-state index contributed by atoms with van der Waals surface area (Å²) in [6, 6.07) is 4.39. The van der Waals surface area contributed by atoms with Crippen molar-refractivity contribution < 1.29 is 13.2 Å². The molecule has 1 aromatic carbocycles. The van der Waals surface area contributed by atoms with Crippen LogP contribution in [-0.2, 0) is 0 Å². The topological polar surface area (TPSA) is 26.0 Å².